The Balaban J connectivity index is 1.99. The summed E-state index contributed by atoms with van der Waals surface area (Å²) in [6.45, 7) is 3.72. The van der Waals surface area contributed by atoms with E-state index in [4.69, 9.17) is 4.74 Å². The van der Waals surface area contributed by atoms with E-state index in [1.54, 1.807) is 24.3 Å². The zero-order chi connectivity index (χ0) is 13.8. The van der Waals surface area contributed by atoms with Crippen LogP contribution in [-0.4, -0.2) is 24.1 Å². The van der Waals surface area contributed by atoms with Crippen LogP contribution in [0.1, 0.15) is 13.8 Å². The van der Waals surface area contributed by atoms with Crippen LogP contribution in [0.15, 0.2) is 35.3 Å². The highest BCUT2D eigenvalue weighted by Crippen LogP contribution is 2.12. The molecule has 1 heterocycles. The van der Waals surface area contributed by atoms with Gasteiger partial charge >= 0.3 is 12.1 Å². The maximum absolute atomic E-state index is 11.6. The molecule has 0 unspecified atom stereocenters. The first-order valence-electron chi connectivity index (χ1n) is 5.98. The second-order valence-corrected chi connectivity index (χ2v) is 4.48. The second-order valence-electron chi connectivity index (χ2n) is 4.48. The topological polar surface area (TPSA) is 79.8 Å². The van der Waals surface area contributed by atoms with Crippen LogP contribution in [0.5, 0.6) is 0 Å². The number of urea groups is 1. The van der Waals surface area contributed by atoms with Gasteiger partial charge < -0.3 is 10.1 Å². The van der Waals surface area contributed by atoms with Gasteiger partial charge in [-0.05, 0) is 18.1 Å². The van der Waals surface area contributed by atoms with Crippen molar-refractivity contribution in [3.8, 4) is 0 Å². The summed E-state index contributed by atoms with van der Waals surface area (Å²) >= 11 is 0. The Kier molecular flexibility index (Phi) is 3.79. The van der Waals surface area contributed by atoms with Gasteiger partial charge in [-0.1, -0.05) is 32.0 Å². The highest BCUT2D eigenvalue weighted by molar-refractivity contribution is 6.07. The predicted molar refractivity (Wildman–Crippen MR) is 70.7 cm³/mol. The minimum atomic E-state index is -0.594. The predicted octanol–water partition coefficient (Wildman–Crippen LogP) is 1.75. The Labute approximate surface area is 110 Å². The standard InChI is InChI=1S/C13H15N3O3/c1-8(2)10-11(17)15-13(19-10)16-12(18)14-9-6-4-3-5-7-9/h3-8,10H,1-2H3,(H2,14,15,16,17,18)/t10-/m0/s1. The quantitative estimate of drug-likeness (QED) is 0.851. The van der Waals surface area contributed by atoms with Crippen molar-refractivity contribution in [1.29, 1.82) is 0 Å². The largest absolute Gasteiger partial charge is 0.451 e. The summed E-state index contributed by atoms with van der Waals surface area (Å²) < 4.78 is 5.27. The lowest BCUT2D eigenvalue weighted by molar-refractivity contribution is -0.124. The fraction of sp³-hybridized carbons (Fsp3) is 0.308. The first kappa shape index (κ1) is 13.1. The summed E-state index contributed by atoms with van der Waals surface area (Å²) in [5, 5.41) is 5.00. The van der Waals surface area contributed by atoms with E-state index >= 15 is 0 Å². The molecule has 1 atom stereocenters. The first-order valence-corrected chi connectivity index (χ1v) is 5.98. The minimum absolute atomic E-state index is 0.0184. The maximum Gasteiger partial charge on any atom is 0.349 e. The molecule has 1 aliphatic rings. The molecule has 3 amide bonds. The van der Waals surface area contributed by atoms with Gasteiger partial charge in [0, 0.05) is 5.69 Å². The minimum Gasteiger partial charge on any atom is -0.451 e. The summed E-state index contributed by atoms with van der Waals surface area (Å²) in [7, 11) is 0. The van der Waals surface area contributed by atoms with Crippen molar-refractivity contribution in [3.05, 3.63) is 30.3 Å². The monoisotopic (exact) mass is 261 g/mol. The van der Waals surface area contributed by atoms with E-state index in [1.807, 2.05) is 19.9 Å². The average molecular weight is 261 g/mol. The van der Waals surface area contributed by atoms with Crippen molar-refractivity contribution in [2.45, 2.75) is 20.0 Å². The van der Waals surface area contributed by atoms with Gasteiger partial charge in [0.05, 0.1) is 0 Å². The summed E-state index contributed by atoms with van der Waals surface area (Å²) in [6, 6.07) is 8.26. The lowest BCUT2D eigenvalue weighted by atomic mass is 10.1. The number of amides is 3. The molecule has 0 spiro atoms. The molecule has 1 aliphatic heterocycles. The van der Waals surface area contributed by atoms with Gasteiger partial charge in [-0.15, -0.1) is 4.99 Å². The van der Waals surface area contributed by atoms with Gasteiger partial charge in [0.2, 0.25) is 0 Å². The van der Waals surface area contributed by atoms with E-state index in [1.165, 1.54) is 0 Å². The van der Waals surface area contributed by atoms with Crippen LogP contribution in [0.25, 0.3) is 0 Å². The molecule has 1 aromatic carbocycles. The van der Waals surface area contributed by atoms with Crippen molar-refractivity contribution >= 4 is 23.6 Å². The Morgan fingerprint density at radius 1 is 1.37 bits per heavy atom. The highest BCUT2D eigenvalue weighted by Gasteiger charge is 2.33. The van der Waals surface area contributed by atoms with E-state index in [0.717, 1.165) is 0 Å². The molecule has 0 saturated carbocycles. The van der Waals surface area contributed by atoms with Crippen LogP contribution < -0.4 is 10.6 Å². The first-order chi connectivity index (χ1) is 9.06. The molecule has 6 heteroatoms. The molecule has 1 fully saturated rings. The second kappa shape index (κ2) is 5.51. The Morgan fingerprint density at radius 3 is 2.63 bits per heavy atom. The van der Waals surface area contributed by atoms with E-state index in [9.17, 15) is 9.59 Å². The number of carbonyl (C=O) groups is 2. The fourth-order valence-electron chi connectivity index (χ4n) is 1.64. The number of nitrogens with zero attached hydrogens (tertiary/aromatic N) is 1. The van der Waals surface area contributed by atoms with Gasteiger partial charge in [0.25, 0.3) is 5.91 Å². The van der Waals surface area contributed by atoms with Gasteiger partial charge in [0.1, 0.15) is 0 Å². The van der Waals surface area contributed by atoms with Crippen molar-refractivity contribution in [2.24, 2.45) is 10.9 Å². The molecule has 2 rings (SSSR count). The molecule has 0 aromatic heterocycles. The number of carbonyl (C=O) groups excluding carboxylic acids is 2. The summed E-state index contributed by atoms with van der Waals surface area (Å²) in [5.74, 6) is -0.258. The number of para-hydroxylation sites is 1. The molecule has 0 radical (unpaired) electrons. The van der Waals surface area contributed by atoms with E-state index < -0.39 is 12.1 Å². The molecule has 6 nitrogen and oxygen atoms in total. The van der Waals surface area contributed by atoms with Crippen LogP contribution in [0, 0.1) is 5.92 Å². The smallest absolute Gasteiger partial charge is 0.349 e. The number of benzene rings is 1. The van der Waals surface area contributed by atoms with Gasteiger partial charge in [-0.2, -0.15) is 0 Å². The highest BCUT2D eigenvalue weighted by atomic mass is 16.5. The Hall–Kier alpha value is -2.37. The summed E-state index contributed by atoms with van der Waals surface area (Å²) in [5.41, 5.74) is 0.626. The number of ether oxygens (including phenoxy) is 1. The molecule has 1 aromatic rings. The lowest BCUT2D eigenvalue weighted by Crippen LogP contribution is -2.28. The number of anilines is 1. The third-order valence-electron chi connectivity index (χ3n) is 2.56. The van der Waals surface area contributed by atoms with Crippen molar-refractivity contribution < 1.29 is 14.3 Å². The fourth-order valence-corrected chi connectivity index (χ4v) is 1.64. The Bertz CT molecular complexity index is 511. The molecular formula is C13H15N3O3. The number of aliphatic imine (C=N–C) groups is 1. The molecule has 19 heavy (non-hydrogen) atoms. The normalized spacial score (nSPS) is 20.3. The summed E-state index contributed by atoms with van der Waals surface area (Å²) in [6.07, 6.45) is -0.594. The van der Waals surface area contributed by atoms with Crippen LogP contribution in [0.4, 0.5) is 10.5 Å². The SMILES string of the molecule is CC(C)[C@@H]1OC(=NC(=O)Nc2ccccc2)NC1=O. The average Bonchev–Trinajstić information content (AvgIpc) is 2.71. The van der Waals surface area contributed by atoms with Gasteiger partial charge in [-0.25, -0.2) is 4.79 Å². The third-order valence-corrected chi connectivity index (χ3v) is 2.56. The molecular weight excluding hydrogens is 246 g/mol. The summed E-state index contributed by atoms with van der Waals surface area (Å²) in [4.78, 5) is 26.8. The van der Waals surface area contributed by atoms with E-state index in [-0.39, 0.29) is 17.8 Å². The van der Waals surface area contributed by atoms with Crippen molar-refractivity contribution in [1.82, 2.24) is 5.32 Å². The molecule has 1 saturated heterocycles. The molecule has 0 aliphatic carbocycles. The van der Waals surface area contributed by atoms with Crippen LogP contribution in [0.2, 0.25) is 0 Å². The third kappa shape index (κ3) is 3.31. The molecule has 0 bridgehead atoms. The van der Waals surface area contributed by atoms with E-state index in [2.05, 4.69) is 15.6 Å². The zero-order valence-corrected chi connectivity index (χ0v) is 10.7. The van der Waals surface area contributed by atoms with Crippen molar-refractivity contribution in [2.75, 3.05) is 5.32 Å². The number of hydrogen-bond acceptors (Lipinski definition) is 3. The number of amidine groups is 1. The van der Waals surface area contributed by atoms with E-state index in [0.29, 0.717) is 5.69 Å². The van der Waals surface area contributed by atoms with Crippen molar-refractivity contribution in [3.63, 3.8) is 0 Å². The molecule has 100 valence electrons. The Morgan fingerprint density at radius 2 is 2.05 bits per heavy atom. The lowest BCUT2D eigenvalue weighted by Gasteiger charge is -2.09. The number of nitrogens with one attached hydrogen (secondary N) is 2. The van der Waals surface area contributed by atoms with Crippen LogP contribution >= 0.6 is 0 Å². The number of rotatable bonds is 2. The van der Waals surface area contributed by atoms with Gasteiger partial charge in [0.15, 0.2) is 6.10 Å². The molecule has 2 N–H and O–H groups in total. The maximum atomic E-state index is 11.6. The van der Waals surface area contributed by atoms with Crippen LogP contribution in [-0.2, 0) is 9.53 Å². The van der Waals surface area contributed by atoms with Gasteiger partial charge in [-0.3, -0.25) is 10.1 Å². The van der Waals surface area contributed by atoms with Crippen LogP contribution in [0.3, 0.4) is 0 Å². The number of hydrogen-bond donors (Lipinski definition) is 2. The zero-order valence-electron chi connectivity index (χ0n) is 10.7.